The molecule has 6 rings (SSSR count). The number of nitrogen functional groups attached to an aromatic ring is 1. The zero-order valence-corrected chi connectivity index (χ0v) is 71.7. The SMILES string of the molecule is CCCCCCCCCC(=O)N[C@@H](Cc1c[nH]c2ccccc12)C(=O)N[C@@H](CC(N)=O)C(=O)N[C@@H](CC(=O)O)C(=O)N[C@@H]1C(=O)NCC(=O)N[C@@H](CCCN)C(=O)N[C@@H](CC(=O)O)C(=O)N[C@H](C)C(=O)N[C@@H](CC(=O)O)C(=O)NCC(=O)N[C@H](CO)C(=O)N[C@@H]([C@H](C)CC(=O)O)C(=O)N[C@@H](CC(=O)c2ccccc2N)C(=O)O[C@@H]1C.NC(Cc1c[nH]c2ccccc12)C(=O)O. The molecule has 0 aliphatic carbocycles. The molecule has 708 valence electrons. The number of nitrogens with two attached hydrogens (primary N) is 4. The number of carbonyl (C=O) groups excluding carboxylic acids is 16. The van der Waals surface area contributed by atoms with Crippen LogP contribution in [-0.4, -0.2) is 270 Å². The first-order valence-corrected chi connectivity index (χ1v) is 41.5. The highest BCUT2D eigenvalue weighted by molar-refractivity contribution is 6.05. The molecule has 130 heavy (non-hydrogen) atoms. The van der Waals surface area contributed by atoms with Crippen LogP contribution in [0, 0.1) is 5.92 Å². The minimum Gasteiger partial charge on any atom is -0.481 e. The summed E-state index contributed by atoms with van der Waals surface area (Å²) >= 11 is 0. The van der Waals surface area contributed by atoms with Crippen LogP contribution in [0.2, 0.25) is 0 Å². The van der Waals surface area contributed by atoms with Crippen LogP contribution in [0.4, 0.5) is 5.69 Å². The molecule has 14 amide bonds. The summed E-state index contributed by atoms with van der Waals surface area (Å²) in [6.07, 6.45) is -0.173. The molecule has 47 nitrogen and oxygen atoms in total. The van der Waals surface area contributed by atoms with E-state index in [9.17, 15) is 126 Å². The predicted octanol–water partition coefficient (Wildman–Crippen LogP) is -4.50. The van der Waals surface area contributed by atoms with E-state index in [1.807, 2.05) is 46.4 Å². The Labute approximate surface area is 742 Å². The second-order valence-corrected chi connectivity index (χ2v) is 30.8. The monoisotopic (exact) mass is 1820 g/mol. The molecule has 1 fully saturated rings. The minimum absolute atomic E-state index is 0.0186. The third-order valence-corrected chi connectivity index (χ3v) is 20.3. The van der Waals surface area contributed by atoms with Gasteiger partial charge in [0.25, 0.3) is 0 Å². The average Bonchev–Trinajstić information content (AvgIpc) is 1.62. The van der Waals surface area contributed by atoms with E-state index in [1.54, 1.807) is 30.5 Å². The van der Waals surface area contributed by atoms with Gasteiger partial charge in [0.05, 0.1) is 51.8 Å². The van der Waals surface area contributed by atoms with E-state index in [-0.39, 0.29) is 37.1 Å². The summed E-state index contributed by atoms with van der Waals surface area (Å²) in [4.78, 5) is 290. The molecule has 14 atom stereocenters. The fourth-order valence-corrected chi connectivity index (χ4v) is 13.4. The van der Waals surface area contributed by atoms with Crippen LogP contribution in [0.1, 0.15) is 152 Å². The number of aromatic amines is 2. The number of primary amides is 1. The molecule has 3 aromatic carbocycles. The molecule has 1 unspecified atom stereocenters. The Hall–Kier alpha value is -14.5. The number of aliphatic carboxylic acids is 5. The van der Waals surface area contributed by atoms with Crippen LogP contribution in [-0.2, 0) is 113 Å². The number of carboxylic acids is 5. The van der Waals surface area contributed by atoms with Crippen LogP contribution in [0.25, 0.3) is 21.8 Å². The summed E-state index contributed by atoms with van der Waals surface area (Å²) in [6.45, 7) is 1.11. The van der Waals surface area contributed by atoms with Gasteiger partial charge < -0.3 is 137 Å². The van der Waals surface area contributed by atoms with Crippen LogP contribution in [0.15, 0.2) is 85.2 Å². The number of Topliss-reactive ketones (excluding diaryl/α,β-unsaturated/α-hetero) is 1. The fourth-order valence-electron chi connectivity index (χ4n) is 13.4. The maximum absolute atomic E-state index is 14.8. The van der Waals surface area contributed by atoms with Crippen LogP contribution in [0.3, 0.4) is 0 Å². The van der Waals surface area contributed by atoms with Crippen molar-refractivity contribution in [2.24, 2.45) is 23.1 Å². The summed E-state index contributed by atoms with van der Waals surface area (Å²) in [5.41, 5.74) is 25.5. The van der Waals surface area contributed by atoms with E-state index < -0.39 is 273 Å². The molecule has 1 aliphatic heterocycles. The molecule has 29 N–H and O–H groups in total. The highest BCUT2D eigenvalue weighted by Crippen LogP contribution is 2.23. The smallest absolute Gasteiger partial charge is 0.329 e. The van der Waals surface area contributed by atoms with E-state index in [4.69, 9.17) is 32.8 Å². The molecule has 0 spiro atoms. The minimum atomic E-state index is -2.45. The molecule has 2 aromatic heterocycles. The molecule has 0 saturated carbocycles. The number of benzene rings is 3. The Morgan fingerprint density at radius 2 is 1.01 bits per heavy atom. The number of aliphatic hydroxyl groups is 1. The quantitative estimate of drug-likeness (QED) is 0.00766. The molecule has 0 bridgehead atoms. The third kappa shape index (κ3) is 35.4. The number of carbonyl (C=O) groups is 21. The lowest BCUT2D eigenvalue weighted by atomic mass is 9.96. The number of ketones is 1. The van der Waals surface area contributed by atoms with E-state index in [0.29, 0.717) is 35.7 Å². The number of aliphatic hydroxyl groups excluding tert-OH is 1. The Morgan fingerprint density at radius 3 is 1.56 bits per heavy atom. The van der Waals surface area contributed by atoms with Gasteiger partial charge in [-0.05, 0) is 81.0 Å². The summed E-state index contributed by atoms with van der Waals surface area (Å²) in [7, 11) is 0. The second kappa shape index (κ2) is 53.2. The summed E-state index contributed by atoms with van der Waals surface area (Å²) in [6, 6.07) is -3.63. The van der Waals surface area contributed by atoms with Gasteiger partial charge in [-0.2, -0.15) is 0 Å². The Balaban J connectivity index is 0.00000179. The summed E-state index contributed by atoms with van der Waals surface area (Å²) in [5.74, 6) is -30.7. The number of H-pyrrole nitrogens is 2. The van der Waals surface area contributed by atoms with Crippen molar-refractivity contribution in [3.63, 3.8) is 0 Å². The summed E-state index contributed by atoms with van der Waals surface area (Å²) < 4.78 is 5.68. The Morgan fingerprint density at radius 1 is 0.508 bits per heavy atom. The number of rotatable bonds is 38. The molecule has 47 heteroatoms. The largest absolute Gasteiger partial charge is 0.481 e. The first-order chi connectivity index (χ1) is 61.5. The van der Waals surface area contributed by atoms with Gasteiger partial charge in [0.2, 0.25) is 82.7 Å². The van der Waals surface area contributed by atoms with Crippen molar-refractivity contribution in [2.45, 2.75) is 222 Å². The maximum atomic E-state index is 14.8. The zero-order chi connectivity index (χ0) is 96.6. The number of fused-ring (bicyclic) bond motifs is 2. The number of aromatic nitrogens is 2. The van der Waals surface area contributed by atoms with Crippen molar-refractivity contribution in [1.82, 2.24) is 79.1 Å². The lowest BCUT2D eigenvalue weighted by molar-refractivity contribution is -0.156. The van der Waals surface area contributed by atoms with Crippen molar-refractivity contribution < 1.29 is 136 Å². The second-order valence-electron chi connectivity index (χ2n) is 30.8. The van der Waals surface area contributed by atoms with E-state index in [0.717, 1.165) is 69.3 Å². The number of cyclic esters (lactones) is 1. The lowest BCUT2D eigenvalue weighted by Crippen LogP contribution is -2.62. The van der Waals surface area contributed by atoms with Crippen molar-refractivity contribution in [1.29, 1.82) is 0 Å². The van der Waals surface area contributed by atoms with Crippen LogP contribution >= 0.6 is 0 Å². The van der Waals surface area contributed by atoms with Crippen molar-refractivity contribution in [3.05, 3.63) is 102 Å². The zero-order valence-electron chi connectivity index (χ0n) is 71.7. The number of hydrogen-bond acceptors (Lipinski definition) is 26. The molecule has 1 aliphatic rings. The number of ether oxygens (including phenoxy) is 1. The number of esters is 1. The Kier molecular flexibility index (Phi) is 43.4. The number of anilines is 1. The van der Waals surface area contributed by atoms with E-state index in [2.05, 4.69) is 70.1 Å². The van der Waals surface area contributed by atoms with E-state index in [1.165, 1.54) is 24.3 Å². The van der Waals surface area contributed by atoms with Gasteiger partial charge in [0, 0.05) is 71.1 Å². The number of hydrogen-bond donors (Lipinski definition) is 25. The maximum Gasteiger partial charge on any atom is 0.329 e. The van der Waals surface area contributed by atoms with Gasteiger partial charge in [-0.25, -0.2) is 4.79 Å². The van der Waals surface area contributed by atoms with E-state index >= 15 is 0 Å². The molecular formula is C83H113N19O28. The first-order valence-electron chi connectivity index (χ1n) is 41.5. The predicted molar refractivity (Wildman–Crippen MR) is 458 cm³/mol. The number of amides is 14. The number of carboxylic acid groups (broad SMARTS) is 5. The standard InChI is InChI=1S/C72H101N17O26.C11H12N2O2/c1-5-6-7-8-9-10-11-22-53(93)81-44(25-38-31-76-42-20-15-13-17-39(38)42)66(108)84-45(27-52(75)92)67(109)86-48(30-59(102)103)68(110)89-61-37(4)115-72(114)49(26-51(91)40-18-12-14-19-41(40)74)87-71(113)60(35(2)24-56(96)97)88-69(111)50(34-90)82-55(95)32-77-63(105)46(28-57(98)99)83-62(104)36(3)79-65(107)47(29-58(100)101)85-64(106)43(21-16-23-73)80-54(94)33-78-70(61)112;12-9(11(14)15)5-7-6-13-10-4-2-1-3-8(7)10/h12-15,17-20,31,35-37,43-50,60-61,76,90H,5-11,16,21-30,32-34,73-74H2,1-4H3,(H2,75,92)(H,77,105)(H,78,112)(H,79,107)(H,80,94)(H,81,93)(H,82,95)(H,83,104)(H,84,108)(H,85,106)(H,86,109)(H,87,113)(H,88,111)(H,89,110)(H,96,97)(H,98,99)(H,100,101)(H,102,103);1-4,6,9,13H,5,12H2,(H,14,15)/t35-,36-,37-,43+,44+,45+,46+,47+,48+,49+,50-,60+,61+;/m1./s1. The van der Waals surface area contributed by atoms with Gasteiger partial charge in [0.1, 0.15) is 78.6 Å². The highest BCUT2D eigenvalue weighted by Gasteiger charge is 2.41. The molecule has 1 saturated heterocycles. The normalized spacial score (nSPS) is 20.2. The molecule has 0 radical (unpaired) electrons. The van der Waals surface area contributed by atoms with Gasteiger partial charge >= 0.3 is 35.8 Å². The van der Waals surface area contributed by atoms with Crippen molar-refractivity contribution >= 4 is 152 Å². The van der Waals surface area contributed by atoms with Gasteiger partial charge in [-0.3, -0.25) is 95.9 Å². The van der Waals surface area contributed by atoms with Crippen molar-refractivity contribution in [2.75, 3.05) is 32.0 Å². The average molecular weight is 1820 g/mol. The fraction of sp³-hybridized carbons (Fsp3) is 0.482. The first kappa shape index (κ1) is 106. The number of unbranched alkanes of at least 4 members (excludes halogenated alkanes) is 6. The van der Waals surface area contributed by atoms with Crippen LogP contribution < -0.4 is 92.1 Å². The molecule has 5 aromatic rings. The molecule has 3 heterocycles. The number of nitrogens with one attached hydrogen (secondary N) is 15. The highest BCUT2D eigenvalue weighted by atomic mass is 16.5. The summed E-state index contributed by atoms with van der Waals surface area (Å²) in [5, 5.41) is 88.4. The number of para-hydroxylation sites is 3. The van der Waals surface area contributed by atoms with Crippen molar-refractivity contribution in [3.8, 4) is 0 Å². The van der Waals surface area contributed by atoms with Gasteiger partial charge in [-0.15, -0.1) is 0 Å². The lowest BCUT2D eigenvalue weighted by Gasteiger charge is -2.30. The third-order valence-electron chi connectivity index (χ3n) is 20.3. The molecular weight excluding hydrogens is 1710 g/mol. The van der Waals surface area contributed by atoms with Gasteiger partial charge in [0.15, 0.2) is 5.78 Å². The van der Waals surface area contributed by atoms with Gasteiger partial charge in [-0.1, -0.05) is 101 Å². The Bertz CT molecular complexity index is 4900. The van der Waals surface area contributed by atoms with Crippen LogP contribution in [0.5, 0.6) is 0 Å². The topological polar surface area (TPSA) is 781 Å².